The van der Waals surface area contributed by atoms with Crippen LogP contribution in [0.1, 0.15) is 23.1 Å². The highest BCUT2D eigenvalue weighted by atomic mass is 31.1. The molecule has 0 aromatic heterocycles. The number of benzene rings is 2. The Morgan fingerprint density at radius 2 is 1.86 bits per heavy atom. The third-order valence-corrected chi connectivity index (χ3v) is 4.68. The molecule has 3 heteroatoms. The van der Waals surface area contributed by atoms with E-state index in [4.69, 9.17) is 5.26 Å². The van der Waals surface area contributed by atoms with Crippen molar-refractivity contribution in [1.29, 1.82) is 5.26 Å². The van der Waals surface area contributed by atoms with Crippen molar-refractivity contribution in [3.05, 3.63) is 65.2 Å². The van der Waals surface area contributed by atoms with Gasteiger partial charge in [-0.15, -0.1) is 0 Å². The fraction of sp³-hybridized carbons (Fsp3) is 0.278. The van der Waals surface area contributed by atoms with Crippen LogP contribution in [-0.2, 0) is 6.42 Å². The first-order valence-corrected chi connectivity index (χ1v) is 8.69. The summed E-state index contributed by atoms with van der Waals surface area (Å²) in [5, 5.41) is 9.16. The van der Waals surface area contributed by atoms with Gasteiger partial charge in [-0.1, -0.05) is 36.4 Å². The molecule has 0 saturated heterocycles. The lowest BCUT2D eigenvalue weighted by atomic mass is 10.1. The highest BCUT2D eigenvalue weighted by Gasteiger charge is 2.10. The van der Waals surface area contributed by atoms with E-state index in [1.165, 1.54) is 11.3 Å². The van der Waals surface area contributed by atoms with Crippen LogP contribution in [0, 0.1) is 18.3 Å². The van der Waals surface area contributed by atoms with Crippen LogP contribution < -0.4 is 4.67 Å². The van der Waals surface area contributed by atoms with E-state index in [2.05, 4.69) is 53.8 Å². The maximum Gasteiger partial charge on any atom is 0.0995 e. The minimum absolute atomic E-state index is 0.712. The Kier molecular flexibility index (Phi) is 5.78. The van der Waals surface area contributed by atoms with Gasteiger partial charge in [0.05, 0.1) is 11.6 Å². The first-order chi connectivity index (χ1) is 10.3. The molecule has 0 aliphatic rings. The summed E-state index contributed by atoms with van der Waals surface area (Å²) in [6, 6.07) is 18.9. The smallest absolute Gasteiger partial charge is 0.0995 e. The van der Waals surface area contributed by atoms with E-state index < -0.39 is 0 Å². The summed E-state index contributed by atoms with van der Waals surface area (Å²) >= 11 is 0. The molecule has 0 fully saturated rings. The minimum Gasteiger partial charge on any atom is -0.353 e. The van der Waals surface area contributed by atoms with Crippen molar-refractivity contribution in [3.63, 3.8) is 0 Å². The lowest BCUT2D eigenvalue weighted by Gasteiger charge is -2.25. The second-order valence-electron chi connectivity index (χ2n) is 5.03. The van der Waals surface area contributed by atoms with Crippen molar-refractivity contribution in [3.8, 4) is 6.07 Å². The highest BCUT2D eigenvalue weighted by Crippen LogP contribution is 2.30. The molecule has 2 aromatic rings. The molecule has 21 heavy (non-hydrogen) atoms. The highest BCUT2D eigenvalue weighted by molar-refractivity contribution is 7.39. The zero-order chi connectivity index (χ0) is 15.1. The van der Waals surface area contributed by atoms with Crippen molar-refractivity contribution in [2.24, 2.45) is 0 Å². The molecule has 2 aromatic carbocycles. The molecule has 1 unspecified atom stereocenters. The van der Waals surface area contributed by atoms with Gasteiger partial charge >= 0.3 is 0 Å². The molecule has 2 nitrogen and oxygen atoms in total. The molecule has 0 heterocycles. The molecule has 0 spiro atoms. The standard InChI is InChI=1S/C18H21N2P/c1-15-17(14-19)11-6-12-18(15)20(21-2)13-7-10-16-8-4-3-5-9-16/h3-6,8-9,11-12,21H,7,10,13H2,1-2H3. The molecule has 0 radical (unpaired) electrons. The average molecular weight is 296 g/mol. The van der Waals surface area contributed by atoms with Gasteiger partial charge in [0.2, 0.25) is 0 Å². The molecule has 108 valence electrons. The Morgan fingerprint density at radius 3 is 2.52 bits per heavy atom. The van der Waals surface area contributed by atoms with E-state index in [0.717, 1.165) is 30.5 Å². The van der Waals surface area contributed by atoms with Crippen molar-refractivity contribution in [2.45, 2.75) is 19.8 Å². The van der Waals surface area contributed by atoms with Crippen LogP contribution in [0.2, 0.25) is 0 Å². The number of hydrogen-bond donors (Lipinski definition) is 0. The Labute approximate surface area is 129 Å². The van der Waals surface area contributed by atoms with Gasteiger partial charge in [0, 0.05) is 12.2 Å². The van der Waals surface area contributed by atoms with Crippen LogP contribution in [-0.4, -0.2) is 13.2 Å². The van der Waals surface area contributed by atoms with E-state index in [0.29, 0.717) is 8.73 Å². The Bertz CT molecular complexity index is 617. The van der Waals surface area contributed by atoms with Gasteiger partial charge in [-0.05, 0) is 58.4 Å². The van der Waals surface area contributed by atoms with Crippen LogP contribution in [0.15, 0.2) is 48.5 Å². The Balaban J connectivity index is 2.02. The van der Waals surface area contributed by atoms with E-state index in [1.807, 2.05) is 19.1 Å². The van der Waals surface area contributed by atoms with Crippen molar-refractivity contribution >= 4 is 14.4 Å². The van der Waals surface area contributed by atoms with Crippen molar-refractivity contribution < 1.29 is 0 Å². The molecule has 0 N–H and O–H groups in total. The third-order valence-electron chi connectivity index (χ3n) is 3.68. The molecular formula is C18H21N2P. The van der Waals surface area contributed by atoms with Crippen LogP contribution in [0.5, 0.6) is 0 Å². The molecule has 0 bridgehead atoms. The molecular weight excluding hydrogens is 275 g/mol. The van der Waals surface area contributed by atoms with Gasteiger partial charge in [0.25, 0.3) is 0 Å². The van der Waals surface area contributed by atoms with Gasteiger partial charge < -0.3 is 4.67 Å². The maximum absolute atomic E-state index is 9.16. The largest absolute Gasteiger partial charge is 0.353 e. The first-order valence-electron chi connectivity index (χ1n) is 7.25. The van der Waals surface area contributed by atoms with E-state index in [9.17, 15) is 0 Å². The second-order valence-corrected chi connectivity index (χ2v) is 6.01. The summed E-state index contributed by atoms with van der Waals surface area (Å²) in [6.45, 7) is 5.26. The first kappa shape index (κ1) is 15.5. The second kappa shape index (κ2) is 7.81. The maximum atomic E-state index is 9.16. The molecule has 0 aliphatic carbocycles. The van der Waals surface area contributed by atoms with Crippen molar-refractivity contribution in [1.82, 2.24) is 0 Å². The molecule has 0 amide bonds. The Hall–Kier alpha value is -1.84. The summed E-state index contributed by atoms with van der Waals surface area (Å²) in [5.74, 6) is 0. The quantitative estimate of drug-likeness (QED) is 0.732. The number of aryl methyl sites for hydroxylation is 1. The number of nitrogens with zero attached hydrogens (tertiary/aromatic N) is 2. The number of anilines is 1. The van der Waals surface area contributed by atoms with E-state index in [1.54, 1.807) is 0 Å². The fourth-order valence-electron chi connectivity index (χ4n) is 2.48. The SMILES string of the molecule is CPN(CCCc1ccccc1)c1cccc(C#N)c1C. The topological polar surface area (TPSA) is 27.0 Å². The van der Waals surface area contributed by atoms with Gasteiger partial charge in [-0.2, -0.15) is 5.26 Å². The minimum atomic E-state index is 0.712. The van der Waals surface area contributed by atoms with Gasteiger partial charge in [0.1, 0.15) is 0 Å². The number of rotatable bonds is 6. The van der Waals surface area contributed by atoms with Crippen LogP contribution in [0.4, 0.5) is 5.69 Å². The van der Waals surface area contributed by atoms with E-state index in [-0.39, 0.29) is 0 Å². The van der Waals surface area contributed by atoms with E-state index >= 15 is 0 Å². The average Bonchev–Trinajstić information content (AvgIpc) is 2.53. The van der Waals surface area contributed by atoms with Gasteiger partial charge in [-0.3, -0.25) is 0 Å². The summed E-state index contributed by atoms with van der Waals surface area (Å²) in [6.07, 6.45) is 2.22. The monoisotopic (exact) mass is 296 g/mol. The van der Waals surface area contributed by atoms with Crippen LogP contribution in [0.3, 0.4) is 0 Å². The normalized spacial score (nSPS) is 10.7. The van der Waals surface area contributed by atoms with Crippen LogP contribution in [0.25, 0.3) is 0 Å². The predicted octanol–water partition coefficient (Wildman–Crippen LogP) is 4.53. The lowest BCUT2D eigenvalue weighted by molar-refractivity contribution is 0.831. The fourth-order valence-corrected chi connectivity index (χ4v) is 3.34. The van der Waals surface area contributed by atoms with Gasteiger partial charge in [-0.25, -0.2) is 0 Å². The van der Waals surface area contributed by atoms with Crippen molar-refractivity contribution in [2.75, 3.05) is 17.9 Å². The van der Waals surface area contributed by atoms with Gasteiger partial charge in [0.15, 0.2) is 0 Å². The number of hydrogen-bond acceptors (Lipinski definition) is 2. The summed E-state index contributed by atoms with van der Waals surface area (Å²) < 4.78 is 2.39. The zero-order valence-electron chi connectivity index (χ0n) is 12.6. The predicted molar refractivity (Wildman–Crippen MR) is 92.2 cm³/mol. The zero-order valence-corrected chi connectivity index (χ0v) is 13.6. The van der Waals surface area contributed by atoms with Crippen LogP contribution >= 0.6 is 8.73 Å². The molecule has 0 saturated carbocycles. The molecule has 1 atom stereocenters. The molecule has 0 aliphatic heterocycles. The summed E-state index contributed by atoms with van der Waals surface area (Å²) in [5.41, 5.74) is 4.45. The Morgan fingerprint density at radius 1 is 1.10 bits per heavy atom. The summed E-state index contributed by atoms with van der Waals surface area (Å²) in [4.78, 5) is 0. The number of nitriles is 1. The lowest BCUT2D eigenvalue weighted by Crippen LogP contribution is -2.16. The molecule has 2 rings (SSSR count). The third kappa shape index (κ3) is 4.06. The summed E-state index contributed by atoms with van der Waals surface area (Å²) in [7, 11) is 0.712.